The molecule has 0 saturated carbocycles. The third-order valence-electron chi connectivity index (χ3n) is 4.74. The van der Waals surface area contributed by atoms with E-state index in [1.54, 1.807) is 6.07 Å². The number of halogens is 3. The van der Waals surface area contributed by atoms with E-state index in [2.05, 4.69) is 6.92 Å². The van der Waals surface area contributed by atoms with E-state index in [1.165, 1.54) is 23.5 Å². The first-order chi connectivity index (χ1) is 14.2. The number of aryl methyl sites for hydroxylation is 1. The third kappa shape index (κ3) is 5.02. The van der Waals surface area contributed by atoms with E-state index in [9.17, 15) is 18.0 Å². The molecule has 30 heavy (non-hydrogen) atoms. The fourth-order valence-corrected chi connectivity index (χ4v) is 4.14. The van der Waals surface area contributed by atoms with Crippen LogP contribution in [0.25, 0.3) is 11.1 Å². The van der Waals surface area contributed by atoms with E-state index < -0.39 is 17.6 Å². The van der Waals surface area contributed by atoms with Crippen molar-refractivity contribution in [3.05, 3.63) is 75.5 Å². The summed E-state index contributed by atoms with van der Waals surface area (Å²) >= 11 is 1.32. The zero-order valence-electron chi connectivity index (χ0n) is 16.6. The molecule has 0 aliphatic carbocycles. The minimum atomic E-state index is -4.35. The zero-order chi connectivity index (χ0) is 21.9. The Kier molecular flexibility index (Phi) is 6.51. The topological polar surface area (TPSA) is 52.3 Å². The van der Waals surface area contributed by atoms with Gasteiger partial charge in [0.1, 0.15) is 11.9 Å². The summed E-state index contributed by atoms with van der Waals surface area (Å²) in [7, 11) is 0. The molecule has 2 aromatic carbocycles. The molecule has 3 nitrogen and oxygen atoms in total. The largest absolute Gasteiger partial charge is 0.485 e. The number of alkyl halides is 3. The van der Waals surface area contributed by atoms with Crippen molar-refractivity contribution >= 4 is 17.2 Å². The van der Waals surface area contributed by atoms with Crippen molar-refractivity contribution in [2.24, 2.45) is 5.73 Å². The number of ether oxygens (including phenoxy) is 1. The summed E-state index contributed by atoms with van der Waals surface area (Å²) in [6.45, 7) is 3.95. The number of hydrogen-bond donors (Lipinski definition) is 1. The molecule has 7 heteroatoms. The zero-order valence-corrected chi connectivity index (χ0v) is 17.4. The van der Waals surface area contributed by atoms with Gasteiger partial charge in [0.25, 0.3) is 5.91 Å². The van der Waals surface area contributed by atoms with Gasteiger partial charge in [-0.15, -0.1) is 11.3 Å². The lowest BCUT2D eigenvalue weighted by atomic mass is 9.99. The molecule has 0 fully saturated rings. The molecule has 158 valence electrons. The molecule has 0 bridgehead atoms. The van der Waals surface area contributed by atoms with Gasteiger partial charge in [-0.05, 0) is 66.4 Å². The lowest BCUT2D eigenvalue weighted by Crippen LogP contribution is -2.08. The average Bonchev–Trinajstić information content (AvgIpc) is 3.18. The molecule has 0 spiro atoms. The predicted octanol–water partition coefficient (Wildman–Crippen LogP) is 6.76. The average molecular weight is 433 g/mol. The maximum absolute atomic E-state index is 12.8. The Labute approximate surface area is 177 Å². The second-order valence-corrected chi connectivity index (χ2v) is 8.13. The standard InChI is InChI=1S/C23H22F3NO2S/c1-3-4-19(20-11-12-21(30-20)22(27)28)29-17-9-10-18(14(2)13-17)15-5-7-16(8-6-15)23(24,25)26/h5-13,19H,3-4H2,1-2H3,(H2,27,28). The van der Waals surface area contributed by atoms with Gasteiger partial charge in [-0.3, -0.25) is 4.79 Å². The van der Waals surface area contributed by atoms with Crippen molar-refractivity contribution in [2.45, 2.75) is 39.0 Å². The van der Waals surface area contributed by atoms with Gasteiger partial charge in [0.05, 0.1) is 10.4 Å². The van der Waals surface area contributed by atoms with Crippen LogP contribution in [-0.4, -0.2) is 5.91 Å². The molecule has 2 N–H and O–H groups in total. The first kappa shape index (κ1) is 21.9. The highest BCUT2D eigenvalue weighted by molar-refractivity contribution is 7.14. The van der Waals surface area contributed by atoms with Crippen LogP contribution in [0.3, 0.4) is 0 Å². The molecule has 0 aliphatic heterocycles. The van der Waals surface area contributed by atoms with E-state index >= 15 is 0 Å². The molecule has 0 saturated heterocycles. The normalized spacial score (nSPS) is 12.6. The molecule has 0 aliphatic rings. The minimum absolute atomic E-state index is 0.204. The van der Waals surface area contributed by atoms with E-state index in [4.69, 9.17) is 10.5 Å². The Morgan fingerprint density at radius 2 is 1.80 bits per heavy atom. The molecule has 1 unspecified atom stereocenters. The number of benzene rings is 2. The van der Waals surface area contributed by atoms with Gasteiger partial charge in [0, 0.05) is 4.88 Å². The number of thiophene rings is 1. The van der Waals surface area contributed by atoms with Crippen LogP contribution in [0.15, 0.2) is 54.6 Å². The Morgan fingerprint density at radius 3 is 2.33 bits per heavy atom. The van der Waals surface area contributed by atoms with Crippen LogP contribution in [0.4, 0.5) is 13.2 Å². The Hall–Kier alpha value is -2.80. The number of primary amides is 1. The second-order valence-electron chi connectivity index (χ2n) is 7.01. The molecular weight excluding hydrogens is 411 g/mol. The minimum Gasteiger partial charge on any atom is -0.485 e. The highest BCUT2D eigenvalue weighted by Gasteiger charge is 2.30. The summed E-state index contributed by atoms with van der Waals surface area (Å²) in [5.74, 6) is 0.203. The number of rotatable bonds is 7. The highest BCUT2D eigenvalue weighted by atomic mass is 32.1. The summed E-state index contributed by atoms with van der Waals surface area (Å²) < 4.78 is 44.5. The first-order valence-electron chi connectivity index (χ1n) is 9.53. The number of carbonyl (C=O) groups excluding carboxylic acids is 1. The highest BCUT2D eigenvalue weighted by Crippen LogP contribution is 2.35. The molecule has 3 rings (SSSR count). The lowest BCUT2D eigenvalue weighted by Gasteiger charge is -2.18. The molecular formula is C23H22F3NO2S. The van der Waals surface area contributed by atoms with Gasteiger partial charge in [-0.25, -0.2) is 0 Å². The van der Waals surface area contributed by atoms with Crippen LogP contribution < -0.4 is 10.5 Å². The second kappa shape index (κ2) is 8.92. The van der Waals surface area contributed by atoms with Gasteiger partial charge in [0.2, 0.25) is 0 Å². The lowest BCUT2D eigenvalue weighted by molar-refractivity contribution is -0.137. The predicted molar refractivity (Wildman–Crippen MR) is 113 cm³/mol. The van der Waals surface area contributed by atoms with Crippen molar-refractivity contribution < 1.29 is 22.7 Å². The summed E-state index contributed by atoms with van der Waals surface area (Å²) in [4.78, 5) is 12.8. The number of hydrogen-bond acceptors (Lipinski definition) is 3. The van der Waals surface area contributed by atoms with Crippen molar-refractivity contribution in [1.82, 2.24) is 0 Å². The van der Waals surface area contributed by atoms with Crippen LogP contribution >= 0.6 is 11.3 Å². The van der Waals surface area contributed by atoms with E-state index in [1.807, 2.05) is 31.2 Å². The van der Waals surface area contributed by atoms with Crippen LogP contribution in [0.5, 0.6) is 5.75 Å². The Bertz CT molecular complexity index is 1030. The first-order valence-corrected chi connectivity index (χ1v) is 10.3. The molecule has 1 atom stereocenters. The van der Waals surface area contributed by atoms with E-state index in [-0.39, 0.29) is 6.10 Å². The fourth-order valence-electron chi connectivity index (χ4n) is 3.22. The summed E-state index contributed by atoms with van der Waals surface area (Å²) in [6.07, 6.45) is -2.88. The van der Waals surface area contributed by atoms with Gasteiger partial charge in [-0.1, -0.05) is 31.5 Å². The quantitative estimate of drug-likeness (QED) is 0.447. The van der Waals surface area contributed by atoms with Crippen molar-refractivity contribution in [2.75, 3.05) is 0 Å². The van der Waals surface area contributed by atoms with Crippen LogP contribution in [0.1, 0.15) is 51.5 Å². The summed E-state index contributed by atoms with van der Waals surface area (Å²) in [5, 5.41) is 0. The maximum Gasteiger partial charge on any atom is 0.416 e. The van der Waals surface area contributed by atoms with Crippen molar-refractivity contribution in [3.8, 4) is 16.9 Å². The molecule has 0 radical (unpaired) electrons. The Balaban J connectivity index is 1.81. The smallest absolute Gasteiger partial charge is 0.416 e. The third-order valence-corrected chi connectivity index (χ3v) is 5.93. The summed E-state index contributed by atoms with van der Waals surface area (Å²) in [5.41, 5.74) is 7.13. The van der Waals surface area contributed by atoms with Gasteiger partial charge in [0.15, 0.2) is 0 Å². The SMILES string of the molecule is CCCC(Oc1ccc(-c2ccc(C(F)(F)F)cc2)c(C)c1)c1ccc(C(N)=O)s1. The molecule has 1 amide bonds. The van der Waals surface area contributed by atoms with Crippen molar-refractivity contribution in [3.63, 3.8) is 0 Å². The van der Waals surface area contributed by atoms with Gasteiger partial charge >= 0.3 is 6.18 Å². The Morgan fingerprint density at radius 1 is 1.10 bits per heavy atom. The molecule has 3 aromatic rings. The van der Waals surface area contributed by atoms with Gasteiger partial charge in [-0.2, -0.15) is 13.2 Å². The van der Waals surface area contributed by atoms with Gasteiger partial charge < -0.3 is 10.5 Å². The maximum atomic E-state index is 12.8. The monoisotopic (exact) mass is 433 g/mol. The van der Waals surface area contributed by atoms with Crippen LogP contribution in [0.2, 0.25) is 0 Å². The fraction of sp³-hybridized carbons (Fsp3) is 0.261. The van der Waals surface area contributed by atoms with E-state index in [0.29, 0.717) is 16.2 Å². The summed E-state index contributed by atoms with van der Waals surface area (Å²) in [6, 6.07) is 14.2. The van der Waals surface area contributed by atoms with Crippen LogP contribution in [-0.2, 0) is 6.18 Å². The number of amides is 1. The van der Waals surface area contributed by atoms with E-state index in [0.717, 1.165) is 41.0 Å². The van der Waals surface area contributed by atoms with Crippen LogP contribution in [0, 0.1) is 6.92 Å². The van der Waals surface area contributed by atoms with Crippen molar-refractivity contribution in [1.29, 1.82) is 0 Å². The number of nitrogens with two attached hydrogens (primary N) is 1. The molecule has 1 heterocycles. The number of carbonyl (C=O) groups is 1. The molecule has 1 aromatic heterocycles.